The fourth-order valence-corrected chi connectivity index (χ4v) is 3.61. The van der Waals surface area contributed by atoms with E-state index in [1.807, 2.05) is 30.3 Å². The summed E-state index contributed by atoms with van der Waals surface area (Å²) in [6, 6.07) is 11.3. The van der Waals surface area contributed by atoms with Gasteiger partial charge in [-0.15, -0.1) is 0 Å². The first-order chi connectivity index (χ1) is 15.6. The van der Waals surface area contributed by atoms with E-state index in [1.54, 1.807) is 7.05 Å². The molecule has 2 aromatic carbocycles. The number of likely N-dealkylation sites (N-methyl/N-ethyl adjacent to an activating group) is 1. The summed E-state index contributed by atoms with van der Waals surface area (Å²) in [5.41, 5.74) is 2.24. The average molecular weight is 443 g/mol. The fourth-order valence-electron chi connectivity index (χ4n) is 3.61. The summed E-state index contributed by atoms with van der Waals surface area (Å²) in [6.07, 6.45) is -0.584. The summed E-state index contributed by atoms with van der Waals surface area (Å²) in [7, 11) is 1.77. The monoisotopic (exact) mass is 443 g/mol. The van der Waals surface area contributed by atoms with Crippen LogP contribution in [0.4, 0.5) is 13.6 Å². The Morgan fingerprint density at radius 1 is 1.19 bits per heavy atom. The molecule has 1 aromatic heterocycles. The summed E-state index contributed by atoms with van der Waals surface area (Å²) in [5, 5.41) is 6.57. The second-order valence-electron chi connectivity index (χ2n) is 7.28. The highest BCUT2D eigenvalue weighted by Gasteiger charge is 2.26. The van der Waals surface area contributed by atoms with Gasteiger partial charge in [-0.3, -0.25) is 0 Å². The number of rotatable bonds is 7. The van der Waals surface area contributed by atoms with Crippen LogP contribution in [0.15, 0.2) is 42.5 Å². The predicted molar refractivity (Wildman–Crippen MR) is 113 cm³/mol. The van der Waals surface area contributed by atoms with Crippen LogP contribution in [0.25, 0.3) is 10.8 Å². The van der Waals surface area contributed by atoms with E-state index in [0.29, 0.717) is 23.1 Å². The van der Waals surface area contributed by atoms with Crippen LogP contribution in [0.2, 0.25) is 0 Å². The summed E-state index contributed by atoms with van der Waals surface area (Å²) < 4.78 is 44.4. The highest BCUT2D eigenvalue weighted by molar-refractivity contribution is 5.91. The number of carbonyl (C=O) groups excluding carboxylic acids is 1. The third-order valence-corrected chi connectivity index (χ3v) is 5.17. The molecule has 0 spiro atoms. The van der Waals surface area contributed by atoms with E-state index >= 15 is 0 Å². The van der Waals surface area contributed by atoms with Crippen LogP contribution in [-0.2, 0) is 22.7 Å². The number of hydrogen-bond acceptors (Lipinski definition) is 6. The number of carbonyl (C=O) groups is 1. The van der Waals surface area contributed by atoms with Crippen molar-refractivity contribution in [1.29, 1.82) is 0 Å². The van der Waals surface area contributed by atoms with Crippen molar-refractivity contribution in [1.82, 2.24) is 15.6 Å². The minimum Gasteiger partial charge on any atom is -0.475 e. The smallest absolute Gasteiger partial charge is 0.407 e. The number of benzene rings is 2. The van der Waals surface area contributed by atoms with Crippen LogP contribution < -0.4 is 15.4 Å². The first-order valence-electron chi connectivity index (χ1n) is 10.2. The molecule has 168 valence electrons. The van der Waals surface area contributed by atoms with Crippen LogP contribution in [0.1, 0.15) is 22.9 Å². The number of aromatic nitrogens is 1. The molecule has 1 aliphatic rings. The van der Waals surface area contributed by atoms with Gasteiger partial charge in [0, 0.05) is 10.9 Å². The molecule has 32 heavy (non-hydrogen) atoms. The van der Waals surface area contributed by atoms with Crippen molar-refractivity contribution in [2.75, 3.05) is 26.8 Å². The Morgan fingerprint density at radius 3 is 2.69 bits per heavy atom. The van der Waals surface area contributed by atoms with Crippen molar-refractivity contribution in [3.8, 4) is 5.88 Å². The van der Waals surface area contributed by atoms with Gasteiger partial charge in [0.25, 0.3) is 0 Å². The van der Waals surface area contributed by atoms with Gasteiger partial charge in [-0.05, 0) is 30.1 Å². The number of nitrogens with one attached hydrogen (secondary N) is 2. The lowest BCUT2D eigenvalue weighted by Crippen LogP contribution is -2.29. The second kappa shape index (κ2) is 9.88. The molecule has 0 radical (unpaired) electrons. The molecule has 1 aliphatic heterocycles. The van der Waals surface area contributed by atoms with Gasteiger partial charge in [-0.1, -0.05) is 30.3 Å². The van der Waals surface area contributed by atoms with E-state index in [4.69, 9.17) is 14.2 Å². The van der Waals surface area contributed by atoms with E-state index < -0.39 is 17.7 Å². The minimum absolute atomic E-state index is 0.0661. The number of nitrogens with zero attached hydrogens (tertiary/aromatic N) is 1. The van der Waals surface area contributed by atoms with Crippen molar-refractivity contribution in [3.63, 3.8) is 0 Å². The standard InChI is InChI=1S/C23H23F2N3O4/c1-26-19-12-30-13-20-21(19)15-9-17(24)18(25)10-16(15)22(28-20)31-8-7-27-23(29)32-11-14-5-3-2-4-6-14/h2-6,9-10,19,26H,7-8,11-13H2,1H3,(H,27,29). The van der Waals surface area contributed by atoms with Gasteiger partial charge >= 0.3 is 6.09 Å². The van der Waals surface area contributed by atoms with Crippen molar-refractivity contribution >= 4 is 16.9 Å². The zero-order chi connectivity index (χ0) is 22.5. The van der Waals surface area contributed by atoms with Crippen molar-refractivity contribution in [3.05, 3.63) is 70.9 Å². The van der Waals surface area contributed by atoms with Gasteiger partial charge in [-0.2, -0.15) is 0 Å². The molecular weight excluding hydrogens is 420 g/mol. The minimum atomic E-state index is -0.986. The Bertz CT molecular complexity index is 1110. The number of halogens is 2. The van der Waals surface area contributed by atoms with Gasteiger partial charge in [0.1, 0.15) is 13.2 Å². The van der Waals surface area contributed by atoms with Crippen LogP contribution in [-0.4, -0.2) is 37.9 Å². The number of fused-ring (bicyclic) bond motifs is 3. The molecule has 0 bridgehead atoms. The van der Waals surface area contributed by atoms with E-state index in [0.717, 1.165) is 23.3 Å². The van der Waals surface area contributed by atoms with Crippen molar-refractivity contribution in [2.24, 2.45) is 0 Å². The Hall–Kier alpha value is -3.30. The Labute approximate surface area is 183 Å². The molecule has 2 N–H and O–H groups in total. The normalized spacial score (nSPS) is 15.3. The van der Waals surface area contributed by atoms with Crippen LogP contribution in [0.3, 0.4) is 0 Å². The molecule has 1 unspecified atom stereocenters. The predicted octanol–water partition coefficient (Wildman–Crippen LogP) is 3.61. The summed E-state index contributed by atoms with van der Waals surface area (Å²) in [4.78, 5) is 16.3. The second-order valence-corrected chi connectivity index (χ2v) is 7.28. The Morgan fingerprint density at radius 2 is 1.94 bits per heavy atom. The van der Waals surface area contributed by atoms with Gasteiger partial charge in [0.15, 0.2) is 11.6 Å². The third-order valence-electron chi connectivity index (χ3n) is 5.17. The molecule has 0 saturated carbocycles. The highest BCUT2D eigenvalue weighted by Crippen LogP contribution is 2.36. The highest BCUT2D eigenvalue weighted by atomic mass is 19.2. The summed E-state index contributed by atoms with van der Waals surface area (Å²) >= 11 is 0. The van der Waals surface area contributed by atoms with E-state index in [9.17, 15) is 13.6 Å². The van der Waals surface area contributed by atoms with Crippen LogP contribution in [0, 0.1) is 11.6 Å². The Kier molecular flexibility index (Phi) is 6.77. The molecule has 0 fully saturated rings. The zero-order valence-corrected chi connectivity index (χ0v) is 17.5. The molecule has 4 rings (SSSR count). The first kappa shape index (κ1) is 21.9. The van der Waals surface area contributed by atoms with Gasteiger partial charge < -0.3 is 24.8 Å². The lowest BCUT2D eigenvalue weighted by molar-refractivity contribution is 0.0814. The van der Waals surface area contributed by atoms with Gasteiger partial charge in [0.2, 0.25) is 5.88 Å². The average Bonchev–Trinajstić information content (AvgIpc) is 2.81. The maximum atomic E-state index is 14.0. The SMILES string of the molecule is CNC1COCc2nc(OCCNC(=O)OCc3ccccc3)c3cc(F)c(F)cc3c21. The largest absolute Gasteiger partial charge is 0.475 e. The molecule has 1 amide bonds. The fraction of sp³-hybridized carbons (Fsp3) is 0.304. The molecular formula is C23H23F2N3O4. The Balaban J connectivity index is 1.44. The van der Waals surface area contributed by atoms with Crippen molar-refractivity contribution < 1.29 is 27.8 Å². The lowest BCUT2D eigenvalue weighted by atomic mass is 9.96. The van der Waals surface area contributed by atoms with E-state index in [-0.39, 0.29) is 38.3 Å². The maximum Gasteiger partial charge on any atom is 0.407 e. The van der Waals surface area contributed by atoms with Crippen LogP contribution in [0.5, 0.6) is 5.88 Å². The molecule has 0 saturated heterocycles. The van der Waals surface area contributed by atoms with Crippen molar-refractivity contribution in [2.45, 2.75) is 19.3 Å². The molecule has 2 heterocycles. The summed E-state index contributed by atoms with van der Waals surface area (Å²) in [6.45, 7) is 1.00. The number of ether oxygens (including phenoxy) is 3. The van der Waals surface area contributed by atoms with Gasteiger partial charge in [-0.25, -0.2) is 18.6 Å². The van der Waals surface area contributed by atoms with Crippen LogP contribution >= 0.6 is 0 Å². The van der Waals surface area contributed by atoms with Gasteiger partial charge in [0.05, 0.1) is 31.5 Å². The summed E-state index contributed by atoms with van der Waals surface area (Å²) in [5.74, 6) is -1.78. The first-order valence-corrected chi connectivity index (χ1v) is 10.2. The molecule has 0 aliphatic carbocycles. The number of amides is 1. The number of hydrogen-bond donors (Lipinski definition) is 2. The molecule has 3 aromatic rings. The molecule has 7 nitrogen and oxygen atoms in total. The third kappa shape index (κ3) is 4.79. The lowest BCUT2D eigenvalue weighted by Gasteiger charge is -2.27. The number of alkyl carbamates (subject to hydrolysis) is 1. The van der Waals surface area contributed by atoms with E-state index in [1.165, 1.54) is 0 Å². The quantitative estimate of drug-likeness (QED) is 0.543. The zero-order valence-electron chi connectivity index (χ0n) is 17.5. The molecule has 1 atom stereocenters. The van der Waals surface area contributed by atoms with E-state index in [2.05, 4.69) is 15.6 Å². The maximum absolute atomic E-state index is 14.0. The number of pyridine rings is 1. The molecule has 9 heteroatoms. The topological polar surface area (TPSA) is 81.7 Å².